The molecule has 3 heterocycles. The van der Waals surface area contributed by atoms with Crippen LogP contribution in [-0.2, 0) is 16.1 Å². The third kappa shape index (κ3) is 4.02. The molecule has 0 aliphatic carbocycles. The number of amides is 2. The van der Waals surface area contributed by atoms with Crippen LogP contribution in [0.2, 0.25) is 0 Å². The summed E-state index contributed by atoms with van der Waals surface area (Å²) in [5.41, 5.74) is 3.66. The smallest absolute Gasteiger partial charge is 0.261 e. The molecule has 2 aromatic heterocycles. The van der Waals surface area contributed by atoms with E-state index in [0.29, 0.717) is 24.4 Å². The molecule has 0 unspecified atom stereocenters. The Morgan fingerprint density at radius 1 is 1.31 bits per heavy atom. The largest absolute Gasteiger partial charge is 0.380 e. The predicted octanol–water partition coefficient (Wildman–Crippen LogP) is 2.09. The zero-order valence-corrected chi connectivity index (χ0v) is 16.7. The molecule has 0 radical (unpaired) electrons. The van der Waals surface area contributed by atoms with Gasteiger partial charge in [-0.05, 0) is 37.6 Å². The first kappa shape index (κ1) is 19.6. The number of hydrogen-bond donors (Lipinski definition) is 3. The number of nitrogens with zero attached hydrogens (tertiary/aromatic N) is 2. The number of thiophene rings is 1. The van der Waals surface area contributed by atoms with Crippen molar-refractivity contribution in [3.8, 4) is 0 Å². The van der Waals surface area contributed by atoms with E-state index in [9.17, 15) is 9.59 Å². The summed E-state index contributed by atoms with van der Waals surface area (Å²) in [4.78, 5) is 30.7. The monoisotopic (exact) mass is 414 g/mol. The fraction of sp³-hybridized carbons (Fsp3) is 0.350. The lowest BCUT2D eigenvalue weighted by atomic mass is 9.95. The van der Waals surface area contributed by atoms with Crippen LogP contribution in [0.5, 0.6) is 0 Å². The number of imidazole rings is 1. The van der Waals surface area contributed by atoms with Crippen molar-refractivity contribution in [2.24, 2.45) is 5.92 Å². The van der Waals surface area contributed by atoms with E-state index < -0.39 is 11.8 Å². The lowest BCUT2D eigenvalue weighted by Gasteiger charge is -2.30. The standard InChI is InChI=1S/C20H22N4O4S/c1-12-21-16-4-2-3-5-17(16)24(12)10-13-6-7-18(29-13)20(26)22-15-8-9-28-11-14(15)19(25)23-27/h2-7,14-15,27H,8-11H2,1H3,(H,22,26)(H,23,25)/t14-,15+/m0/s1. The molecule has 1 aliphatic heterocycles. The molecule has 0 bridgehead atoms. The Bertz CT molecular complexity index is 1040. The molecule has 8 nitrogen and oxygen atoms in total. The van der Waals surface area contributed by atoms with Crippen molar-refractivity contribution < 1.29 is 19.5 Å². The van der Waals surface area contributed by atoms with Gasteiger partial charge in [-0.2, -0.15) is 0 Å². The number of fused-ring (bicyclic) bond motifs is 1. The molecule has 0 spiro atoms. The van der Waals surface area contributed by atoms with Gasteiger partial charge in [-0.3, -0.25) is 14.8 Å². The third-order valence-electron chi connectivity index (χ3n) is 5.16. The molecule has 3 N–H and O–H groups in total. The summed E-state index contributed by atoms with van der Waals surface area (Å²) < 4.78 is 7.43. The molecule has 9 heteroatoms. The van der Waals surface area contributed by atoms with Crippen LogP contribution >= 0.6 is 11.3 Å². The number of hydroxylamine groups is 1. The quantitative estimate of drug-likeness (QED) is 0.438. The van der Waals surface area contributed by atoms with Gasteiger partial charge in [0.25, 0.3) is 11.8 Å². The van der Waals surface area contributed by atoms with E-state index in [2.05, 4.69) is 14.9 Å². The number of carbonyl (C=O) groups is 2. The molecule has 3 aromatic rings. The molecule has 1 fully saturated rings. The Labute approximate surface area is 171 Å². The highest BCUT2D eigenvalue weighted by molar-refractivity contribution is 7.14. The van der Waals surface area contributed by atoms with Gasteiger partial charge in [0.15, 0.2) is 0 Å². The van der Waals surface area contributed by atoms with Gasteiger partial charge in [-0.1, -0.05) is 12.1 Å². The predicted molar refractivity (Wildman–Crippen MR) is 108 cm³/mol. The topological polar surface area (TPSA) is 105 Å². The zero-order chi connectivity index (χ0) is 20.4. The van der Waals surface area contributed by atoms with E-state index in [1.54, 1.807) is 11.5 Å². The van der Waals surface area contributed by atoms with Crippen molar-refractivity contribution in [2.45, 2.75) is 25.9 Å². The summed E-state index contributed by atoms with van der Waals surface area (Å²) in [6.07, 6.45) is 0.516. The molecule has 152 valence electrons. The fourth-order valence-corrected chi connectivity index (χ4v) is 4.53. The fourth-order valence-electron chi connectivity index (χ4n) is 3.63. The maximum Gasteiger partial charge on any atom is 0.261 e. The Morgan fingerprint density at radius 3 is 2.97 bits per heavy atom. The molecule has 2 amide bonds. The van der Waals surface area contributed by atoms with Crippen LogP contribution in [0.4, 0.5) is 0 Å². The summed E-state index contributed by atoms with van der Waals surface area (Å²) in [7, 11) is 0. The second-order valence-corrected chi connectivity index (χ2v) is 8.19. The zero-order valence-electron chi connectivity index (χ0n) is 15.9. The van der Waals surface area contributed by atoms with Crippen molar-refractivity contribution in [1.29, 1.82) is 0 Å². The lowest BCUT2D eigenvalue weighted by Crippen LogP contribution is -2.51. The van der Waals surface area contributed by atoms with Crippen LogP contribution in [0, 0.1) is 12.8 Å². The Morgan fingerprint density at radius 2 is 2.14 bits per heavy atom. The van der Waals surface area contributed by atoms with Crippen molar-refractivity contribution in [1.82, 2.24) is 20.3 Å². The van der Waals surface area contributed by atoms with Crippen LogP contribution in [0.15, 0.2) is 36.4 Å². The first-order valence-corrected chi connectivity index (χ1v) is 10.2. The van der Waals surface area contributed by atoms with E-state index >= 15 is 0 Å². The number of benzene rings is 1. The molecule has 29 heavy (non-hydrogen) atoms. The van der Waals surface area contributed by atoms with E-state index in [4.69, 9.17) is 9.94 Å². The summed E-state index contributed by atoms with van der Waals surface area (Å²) in [5.74, 6) is -0.469. The molecule has 1 aromatic carbocycles. The first-order valence-electron chi connectivity index (χ1n) is 9.40. The number of nitrogens with one attached hydrogen (secondary N) is 2. The van der Waals surface area contributed by atoms with Crippen LogP contribution in [0.1, 0.15) is 26.8 Å². The summed E-state index contributed by atoms with van der Waals surface area (Å²) in [5, 5.41) is 11.8. The highest BCUT2D eigenvalue weighted by Gasteiger charge is 2.33. The van der Waals surface area contributed by atoms with Gasteiger partial charge in [0, 0.05) is 17.5 Å². The molecule has 0 saturated carbocycles. The maximum atomic E-state index is 12.7. The van der Waals surface area contributed by atoms with Crippen LogP contribution in [0.3, 0.4) is 0 Å². The number of para-hydroxylation sites is 2. The molecular formula is C20H22N4O4S. The Balaban J connectivity index is 1.47. The van der Waals surface area contributed by atoms with Crippen LogP contribution < -0.4 is 10.8 Å². The summed E-state index contributed by atoms with van der Waals surface area (Å²) >= 11 is 1.42. The van der Waals surface area contributed by atoms with Gasteiger partial charge in [-0.25, -0.2) is 10.5 Å². The highest BCUT2D eigenvalue weighted by atomic mass is 32.1. The second-order valence-electron chi connectivity index (χ2n) is 7.03. The average Bonchev–Trinajstić information content (AvgIpc) is 3.33. The SMILES string of the molecule is Cc1nc2ccccc2n1Cc1ccc(C(=O)N[C@@H]2CCOC[C@@H]2C(=O)NO)s1. The van der Waals surface area contributed by atoms with E-state index in [1.165, 1.54) is 11.3 Å². The van der Waals surface area contributed by atoms with Gasteiger partial charge < -0.3 is 14.6 Å². The van der Waals surface area contributed by atoms with E-state index in [1.807, 2.05) is 37.3 Å². The number of ether oxygens (including phenoxy) is 1. The molecule has 1 saturated heterocycles. The summed E-state index contributed by atoms with van der Waals surface area (Å²) in [6, 6.07) is 11.3. The van der Waals surface area contributed by atoms with Gasteiger partial charge >= 0.3 is 0 Å². The Hall–Kier alpha value is -2.75. The second kappa shape index (κ2) is 8.32. The van der Waals surface area contributed by atoms with Crippen LogP contribution in [-0.4, -0.2) is 45.8 Å². The number of aryl methyl sites for hydroxylation is 1. The Kier molecular flexibility index (Phi) is 5.61. The van der Waals surface area contributed by atoms with Crippen molar-refractivity contribution in [3.05, 3.63) is 52.0 Å². The van der Waals surface area contributed by atoms with Crippen LogP contribution in [0.25, 0.3) is 11.0 Å². The lowest BCUT2D eigenvalue weighted by molar-refractivity contribution is -0.138. The number of rotatable bonds is 5. The minimum atomic E-state index is -0.614. The normalized spacial score (nSPS) is 19.2. The number of aromatic nitrogens is 2. The maximum absolute atomic E-state index is 12.7. The highest BCUT2D eigenvalue weighted by Crippen LogP contribution is 2.23. The minimum absolute atomic E-state index is 0.167. The van der Waals surface area contributed by atoms with Gasteiger partial charge in [-0.15, -0.1) is 11.3 Å². The van der Waals surface area contributed by atoms with Gasteiger partial charge in [0.2, 0.25) is 0 Å². The molecule has 1 aliphatic rings. The molecular weight excluding hydrogens is 392 g/mol. The number of carbonyl (C=O) groups excluding carboxylic acids is 2. The molecule has 4 rings (SSSR count). The van der Waals surface area contributed by atoms with E-state index in [0.717, 1.165) is 21.7 Å². The third-order valence-corrected chi connectivity index (χ3v) is 6.23. The first-order chi connectivity index (χ1) is 14.1. The summed E-state index contributed by atoms with van der Waals surface area (Å²) in [6.45, 7) is 3.23. The van der Waals surface area contributed by atoms with Crippen molar-refractivity contribution >= 4 is 34.2 Å². The van der Waals surface area contributed by atoms with Gasteiger partial charge in [0.1, 0.15) is 5.82 Å². The van der Waals surface area contributed by atoms with Crippen molar-refractivity contribution in [3.63, 3.8) is 0 Å². The average molecular weight is 414 g/mol. The molecule has 2 atom stereocenters. The van der Waals surface area contributed by atoms with Gasteiger partial charge in [0.05, 0.1) is 35.0 Å². The van der Waals surface area contributed by atoms with E-state index in [-0.39, 0.29) is 18.6 Å². The van der Waals surface area contributed by atoms with Crippen molar-refractivity contribution in [2.75, 3.05) is 13.2 Å². The number of hydrogen-bond acceptors (Lipinski definition) is 6. The minimum Gasteiger partial charge on any atom is -0.380 e.